The van der Waals surface area contributed by atoms with E-state index in [0.29, 0.717) is 5.56 Å². The molecular weight excluding hydrogens is 323 g/mol. The summed E-state index contributed by atoms with van der Waals surface area (Å²) in [5, 5.41) is 2.03. The van der Waals surface area contributed by atoms with Gasteiger partial charge in [-0.2, -0.15) is 0 Å². The highest BCUT2D eigenvalue weighted by molar-refractivity contribution is 5.95. The first-order valence-corrected chi connectivity index (χ1v) is 7.05. The maximum absolute atomic E-state index is 13.5. The zero-order valence-electron chi connectivity index (χ0n) is 12.7. The Hall–Kier alpha value is -2.83. The van der Waals surface area contributed by atoms with Gasteiger partial charge >= 0.3 is 5.97 Å². The average molecular weight is 337 g/mol. The number of para-hydroxylation sites is 1. The number of amides is 1. The lowest BCUT2D eigenvalue weighted by atomic mass is 10.1. The van der Waals surface area contributed by atoms with E-state index in [1.807, 2.05) is 5.32 Å². The number of hydrogen-bond donors (Lipinski definition) is 1. The first kappa shape index (κ1) is 17.5. The molecule has 4 nitrogen and oxygen atoms in total. The van der Waals surface area contributed by atoms with Gasteiger partial charge in [-0.05, 0) is 36.8 Å². The van der Waals surface area contributed by atoms with Crippen LogP contribution in [0.3, 0.4) is 0 Å². The molecule has 0 unspecified atom stereocenters. The summed E-state index contributed by atoms with van der Waals surface area (Å²) in [6.07, 6.45) is -1.51. The number of esters is 1. The molecule has 2 aromatic rings. The fourth-order valence-corrected chi connectivity index (χ4v) is 1.95. The Morgan fingerprint density at radius 1 is 1.08 bits per heavy atom. The summed E-state index contributed by atoms with van der Waals surface area (Å²) in [5.41, 5.74) is -0.233. The lowest BCUT2D eigenvalue weighted by Gasteiger charge is -2.14. The molecule has 0 aliphatic carbocycles. The minimum atomic E-state index is -1.27. The number of rotatable bonds is 5. The number of carbonyl (C=O) groups excluding carboxylic acids is 2. The third-order valence-electron chi connectivity index (χ3n) is 3.13. The normalized spacial score (nSPS) is 11.7. The van der Waals surface area contributed by atoms with Gasteiger partial charge in [0.05, 0.1) is 6.42 Å². The monoisotopic (exact) mass is 337 g/mol. The smallest absolute Gasteiger partial charge is 0.311 e. The Morgan fingerprint density at radius 2 is 1.71 bits per heavy atom. The Kier molecular flexibility index (Phi) is 5.57. The topological polar surface area (TPSA) is 55.4 Å². The second-order valence-corrected chi connectivity index (χ2v) is 5.02. The van der Waals surface area contributed by atoms with Crippen LogP contribution in [0.2, 0.25) is 0 Å². The van der Waals surface area contributed by atoms with E-state index in [0.717, 1.165) is 18.2 Å². The van der Waals surface area contributed by atoms with E-state index in [9.17, 15) is 22.8 Å². The van der Waals surface area contributed by atoms with E-state index in [2.05, 4.69) is 0 Å². The average Bonchev–Trinajstić information content (AvgIpc) is 2.50. The molecule has 0 saturated carbocycles. The van der Waals surface area contributed by atoms with Crippen LogP contribution in [0.5, 0.6) is 0 Å². The minimum absolute atomic E-state index is 0.233. The molecule has 0 aromatic heterocycles. The molecule has 0 aliphatic heterocycles. The van der Waals surface area contributed by atoms with Crippen LogP contribution < -0.4 is 5.32 Å². The highest BCUT2D eigenvalue weighted by atomic mass is 19.1. The third kappa shape index (κ3) is 4.58. The van der Waals surface area contributed by atoms with E-state index < -0.39 is 41.1 Å². The molecule has 24 heavy (non-hydrogen) atoms. The van der Waals surface area contributed by atoms with Gasteiger partial charge < -0.3 is 10.1 Å². The van der Waals surface area contributed by atoms with Gasteiger partial charge in [0.15, 0.2) is 6.10 Å². The molecule has 0 saturated heterocycles. The van der Waals surface area contributed by atoms with Crippen molar-refractivity contribution in [3.63, 3.8) is 0 Å². The summed E-state index contributed by atoms with van der Waals surface area (Å²) in [7, 11) is 0. The van der Waals surface area contributed by atoms with Crippen molar-refractivity contribution in [1.82, 2.24) is 0 Å². The highest BCUT2D eigenvalue weighted by Crippen LogP contribution is 2.18. The Balaban J connectivity index is 1.95. The summed E-state index contributed by atoms with van der Waals surface area (Å²) in [4.78, 5) is 23.6. The molecule has 126 valence electrons. The first-order chi connectivity index (χ1) is 11.4. The van der Waals surface area contributed by atoms with Crippen molar-refractivity contribution in [2.45, 2.75) is 19.4 Å². The summed E-state index contributed by atoms with van der Waals surface area (Å²) < 4.78 is 44.9. The number of anilines is 1. The number of carbonyl (C=O) groups is 2. The predicted molar refractivity (Wildman–Crippen MR) is 80.6 cm³/mol. The molecule has 0 bridgehead atoms. The standard InChI is InChI=1S/C17H14F3NO3/c1-10(17(23)21-16-13(19)6-3-7-14(16)20)24-15(22)9-11-4-2-5-12(18)8-11/h2-8,10H,9H2,1H3,(H,21,23)/t10-/m0/s1. The molecule has 0 aliphatic rings. The summed E-state index contributed by atoms with van der Waals surface area (Å²) in [6, 6.07) is 8.49. The van der Waals surface area contributed by atoms with Gasteiger partial charge in [0.1, 0.15) is 23.1 Å². The molecular formula is C17H14F3NO3. The molecule has 1 N–H and O–H groups in total. The number of nitrogens with one attached hydrogen (secondary N) is 1. The van der Waals surface area contributed by atoms with Gasteiger partial charge in [0.25, 0.3) is 5.91 Å². The van der Waals surface area contributed by atoms with Gasteiger partial charge in [-0.3, -0.25) is 9.59 Å². The van der Waals surface area contributed by atoms with E-state index >= 15 is 0 Å². The SMILES string of the molecule is C[C@H](OC(=O)Cc1cccc(F)c1)C(=O)Nc1c(F)cccc1F. The zero-order chi connectivity index (χ0) is 17.7. The molecule has 0 radical (unpaired) electrons. The predicted octanol–water partition coefficient (Wildman–Crippen LogP) is 3.22. The van der Waals surface area contributed by atoms with E-state index in [-0.39, 0.29) is 6.42 Å². The van der Waals surface area contributed by atoms with Crippen molar-refractivity contribution in [2.24, 2.45) is 0 Å². The lowest BCUT2D eigenvalue weighted by molar-refractivity contribution is -0.152. The van der Waals surface area contributed by atoms with E-state index in [1.165, 1.54) is 31.2 Å². The van der Waals surface area contributed by atoms with Crippen LogP contribution in [0.25, 0.3) is 0 Å². The first-order valence-electron chi connectivity index (χ1n) is 7.05. The van der Waals surface area contributed by atoms with Crippen molar-refractivity contribution in [2.75, 3.05) is 5.32 Å². The Labute approximate surface area is 136 Å². The van der Waals surface area contributed by atoms with E-state index in [4.69, 9.17) is 4.74 Å². The van der Waals surface area contributed by atoms with Crippen LogP contribution >= 0.6 is 0 Å². The molecule has 0 spiro atoms. The maximum Gasteiger partial charge on any atom is 0.311 e. The number of hydrogen-bond acceptors (Lipinski definition) is 3. The summed E-state index contributed by atoms with van der Waals surface area (Å²) >= 11 is 0. The second kappa shape index (κ2) is 7.63. The minimum Gasteiger partial charge on any atom is -0.452 e. The van der Waals surface area contributed by atoms with Gasteiger partial charge in [-0.15, -0.1) is 0 Å². The van der Waals surface area contributed by atoms with Gasteiger partial charge in [0, 0.05) is 0 Å². The van der Waals surface area contributed by atoms with Crippen molar-refractivity contribution in [3.05, 3.63) is 65.5 Å². The van der Waals surface area contributed by atoms with Crippen molar-refractivity contribution >= 4 is 17.6 Å². The van der Waals surface area contributed by atoms with Gasteiger partial charge in [0.2, 0.25) is 0 Å². The fourth-order valence-electron chi connectivity index (χ4n) is 1.95. The maximum atomic E-state index is 13.5. The number of benzene rings is 2. The molecule has 2 rings (SSSR count). The third-order valence-corrected chi connectivity index (χ3v) is 3.13. The summed E-state index contributed by atoms with van der Waals surface area (Å²) in [6.45, 7) is 1.26. The van der Waals surface area contributed by atoms with Crippen LogP contribution in [0.4, 0.5) is 18.9 Å². The van der Waals surface area contributed by atoms with Crippen molar-refractivity contribution in [3.8, 4) is 0 Å². The molecule has 0 heterocycles. The van der Waals surface area contributed by atoms with Crippen LogP contribution in [-0.4, -0.2) is 18.0 Å². The molecule has 1 atom stereocenters. The summed E-state index contributed by atoms with van der Waals surface area (Å²) in [5.74, 6) is -4.03. The molecule has 2 aromatic carbocycles. The van der Waals surface area contributed by atoms with Crippen LogP contribution in [0, 0.1) is 17.5 Å². The number of halogens is 3. The Bertz CT molecular complexity index is 744. The van der Waals surface area contributed by atoms with Gasteiger partial charge in [-0.25, -0.2) is 13.2 Å². The van der Waals surface area contributed by atoms with E-state index in [1.54, 1.807) is 0 Å². The van der Waals surface area contributed by atoms with Crippen LogP contribution in [0.1, 0.15) is 12.5 Å². The molecule has 7 heteroatoms. The Morgan fingerprint density at radius 3 is 2.33 bits per heavy atom. The van der Waals surface area contributed by atoms with Crippen molar-refractivity contribution < 1.29 is 27.5 Å². The molecule has 0 fully saturated rings. The number of ether oxygens (including phenoxy) is 1. The van der Waals surface area contributed by atoms with Gasteiger partial charge in [-0.1, -0.05) is 18.2 Å². The van der Waals surface area contributed by atoms with Crippen LogP contribution in [-0.2, 0) is 20.7 Å². The second-order valence-electron chi connectivity index (χ2n) is 5.02. The zero-order valence-corrected chi connectivity index (χ0v) is 12.7. The van der Waals surface area contributed by atoms with Crippen LogP contribution in [0.15, 0.2) is 42.5 Å². The highest BCUT2D eigenvalue weighted by Gasteiger charge is 2.21. The lowest BCUT2D eigenvalue weighted by Crippen LogP contribution is -2.31. The molecule has 1 amide bonds. The van der Waals surface area contributed by atoms with Crippen molar-refractivity contribution in [1.29, 1.82) is 0 Å². The fraction of sp³-hybridized carbons (Fsp3) is 0.176. The quantitative estimate of drug-likeness (QED) is 0.853. The largest absolute Gasteiger partial charge is 0.452 e.